The molecule has 10 heteroatoms. The van der Waals surface area contributed by atoms with Crippen LogP contribution in [0.2, 0.25) is 0 Å². The van der Waals surface area contributed by atoms with Gasteiger partial charge in [0.1, 0.15) is 5.69 Å². The summed E-state index contributed by atoms with van der Waals surface area (Å²) < 4.78 is 0. The number of benzene rings is 1. The van der Waals surface area contributed by atoms with Crippen molar-refractivity contribution in [2.45, 2.75) is 19.9 Å². The number of carbonyl (C=O) groups excluding carboxylic acids is 1. The van der Waals surface area contributed by atoms with Gasteiger partial charge in [-0.05, 0) is 50.2 Å². The van der Waals surface area contributed by atoms with E-state index in [0.29, 0.717) is 10.8 Å². The zero-order valence-corrected chi connectivity index (χ0v) is 18.9. The number of nitro benzene ring substituents is 1. The van der Waals surface area contributed by atoms with E-state index in [2.05, 4.69) is 20.6 Å². The van der Waals surface area contributed by atoms with Crippen LogP contribution in [-0.4, -0.2) is 20.8 Å². The summed E-state index contributed by atoms with van der Waals surface area (Å²) >= 11 is 2.93. The minimum absolute atomic E-state index is 0.177. The van der Waals surface area contributed by atoms with Crippen LogP contribution in [0.15, 0.2) is 60.1 Å². The quantitative estimate of drug-likeness (QED) is 0.259. The summed E-state index contributed by atoms with van der Waals surface area (Å²) in [5.74, 6) is -0.458. The average molecular weight is 466 g/mol. The molecule has 8 nitrogen and oxygen atoms in total. The molecule has 0 radical (unpaired) electrons. The van der Waals surface area contributed by atoms with Crippen LogP contribution in [0, 0.1) is 17.0 Å². The van der Waals surface area contributed by atoms with Gasteiger partial charge in [0, 0.05) is 28.1 Å². The highest BCUT2D eigenvalue weighted by atomic mass is 32.1. The number of hydrogen-bond acceptors (Lipinski definition) is 8. The number of nitrogens with zero attached hydrogens (tertiary/aromatic N) is 3. The molecule has 4 aromatic rings. The normalized spacial score (nSPS) is 11.7. The van der Waals surface area contributed by atoms with E-state index in [1.807, 2.05) is 43.5 Å². The monoisotopic (exact) mass is 465 g/mol. The molecular formula is C22H19N5O3S2. The van der Waals surface area contributed by atoms with Crippen molar-refractivity contribution >= 4 is 45.1 Å². The van der Waals surface area contributed by atoms with Gasteiger partial charge in [0.25, 0.3) is 11.6 Å². The van der Waals surface area contributed by atoms with Crippen LogP contribution in [0.25, 0.3) is 10.6 Å². The topological polar surface area (TPSA) is 110 Å². The lowest BCUT2D eigenvalue weighted by Gasteiger charge is -2.15. The van der Waals surface area contributed by atoms with Crippen molar-refractivity contribution in [1.82, 2.24) is 9.97 Å². The van der Waals surface area contributed by atoms with E-state index in [-0.39, 0.29) is 17.3 Å². The summed E-state index contributed by atoms with van der Waals surface area (Å²) in [6.45, 7) is 3.88. The average Bonchev–Trinajstić information content (AvgIpc) is 3.43. The lowest BCUT2D eigenvalue weighted by molar-refractivity contribution is -0.384. The van der Waals surface area contributed by atoms with E-state index in [4.69, 9.17) is 0 Å². The minimum Gasteiger partial charge on any atom is -0.371 e. The van der Waals surface area contributed by atoms with E-state index >= 15 is 0 Å². The highest BCUT2D eigenvalue weighted by molar-refractivity contribution is 7.17. The zero-order chi connectivity index (χ0) is 22.7. The fourth-order valence-electron chi connectivity index (χ4n) is 3.07. The number of thiazole rings is 1. The Bertz CT molecular complexity index is 1270. The van der Waals surface area contributed by atoms with E-state index in [1.165, 1.54) is 28.3 Å². The van der Waals surface area contributed by atoms with Crippen LogP contribution in [0.4, 0.5) is 16.5 Å². The van der Waals surface area contributed by atoms with Crippen LogP contribution in [0.1, 0.15) is 33.9 Å². The largest absolute Gasteiger partial charge is 0.371 e. The van der Waals surface area contributed by atoms with Gasteiger partial charge in [0.2, 0.25) is 0 Å². The summed E-state index contributed by atoms with van der Waals surface area (Å²) in [6.07, 6.45) is 1.67. The number of hydrogen-bond donors (Lipinski definition) is 2. The van der Waals surface area contributed by atoms with Crippen LogP contribution in [-0.2, 0) is 0 Å². The Morgan fingerprint density at radius 2 is 2.03 bits per heavy atom. The first-order chi connectivity index (χ1) is 15.4. The minimum atomic E-state index is -0.509. The molecule has 32 heavy (non-hydrogen) atoms. The fourth-order valence-corrected chi connectivity index (χ4v) is 4.68. The molecule has 1 aromatic carbocycles. The SMILES string of the molecule is Cc1ccc(-c2csc(NC(=O)c3ccc(NC(C)c4ccccn4)c([N+](=O)[O-])c3)n2)s1. The maximum absolute atomic E-state index is 12.7. The van der Waals surface area contributed by atoms with E-state index in [9.17, 15) is 14.9 Å². The van der Waals surface area contributed by atoms with Gasteiger partial charge in [0.05, 0.1) is 27.2 Å². The van der Waals surface area contributed by atoms with Crippen LogP contribution in [0.5, 0.6) is 0 Å². The lowest BCUT2D eigenvalue weighted by Crippen LogP contribution is -2.13. The number of aryl methyl sites for hydroxylation is 1. The number of rotatable bonds is 7. The lowest BCUT2D eigenvalue weighted by atomic mass is 10.1. The van der Waals surface area contributed by atoms with Gasteiger partial charge in [-0.2, -0.15) is 0 Å². The zero-order valence-electron chi connectivity index (χ0n) is 17.2. The van der Waals surface area contributed by atoms with Crippen molar-refractivity contribution in [3.05, 3.63) is 86.4 Å². The standard InChI is InChI=1S/C22H19N5O3S2/c1-13-6-9-20(32-13)18-12-31-22(25-18)26-21(28)15-7-8-17(19(11-15)27(29)30)24-14(2)16-5-3-4-10-23-16/h3-12,14,24H,1-2H3,(H,25,26,28). The molecule has 2 N–H and O–H groups in total. The number of aromatic nitrogens is 2. The van der Waals surface area contributed by atoms with Crippen molar-refractivity contribution in [3.63, 3.8) is 0 Å². The molecular weight excluding hydrogens is 446 g/mol. The van der Waals surface area contributed by atoms with E-state index in [1.54, 1.807) is 29.7 Å². The van der Waals surface area contributed by atoms with Gasteiger partial charge in [0.15, 0.2) is 5.13 Å². The maximum Gasteiger partial charge on any atom is 0.293 e. The van der Waals surface area contributed by atoms with Crippen molar-refractivity contribution in [1.29, 1.82) is 0 Å². The fraction of sp³-hybridized carbons (Fsp3) is 0.136. The van der Waals surface area contributed by atoms with Gasteiger partial charge in [-0.25, -0.2) is 4.98 Å². The Balaban J connectivity index is 1.51. The van der Waals surface area contributed by atoms with Crippen LogP contribution < -0.4 is 10.6 Å². The molecule has 0 saturated carbocycles. The number of pyridine rings is 1. The molecule has 1 amide bonds. The molecule has 3 aromatic heterocycles. The number of amides is 1. The van der Waals surface area contributed by atoms with E-state index in [0.717, 1.165) is 16.3 Å². The molecule has 0 aliphatic heterocycles. The van der Waals surface area contributed by atoms with E-state index < -0.39 is 10.8 Å². The molecule has 1 atom stereocenters. The third-order valence-corrected chi connectivity index (χ3v) is 6.46. The Hall–Kier alpha value is -3.63. The van der Waals surface area contributed by atoms with Crippen LogP contribution in [0.3, 0.4) is 0 Å². The first-order valence-electron chi connectivity index (χ1n) is 9.70. The highest BCUT2D eigenvalue weighted by Crippen LogP contribution is 2.32. The third kappa shape index (κ3) is 4.82. The first kappa shape index (κ1) is 21.6. The number of nitrogens with one attached hydrogen (secondary N) is 2. The first-order valence-corrected chi connectivity index (χ1v) is 11.4. The Morgan fingerprint density at radius 3 is 2.72 bits per heavy atom. The second-order valence-electron chi connectivity index (χ2n) is 7.01. The van der Waals surface area contributed by atoms with Crippen molar-refractivity contribution in [2.24, 2.45) is 0 Å². The van der Waals surface area contributed by atoms with Gasteiger partial charge in [-0.1, -0.05) is 6.07 Å². The molecule has 4 rings (SSSR count). The molecule has 1 unspecified atom stereocenters. The Kier molecular flexibility index (Phi) is 6.24. The Morgan fingerprint density at radius 1 is 1.19 bits per heavy atom. The molecule has 3 heterocycles. The van der Waals surface area contributed by atoms with Crippen molar-refractivity contribution in [3.8, 4) is 10.6 Å². The van der Waals surface area contributed by atoms with Crippen molar-refractivity contribution in [2.75, 3.05) is 10.6 Å². The molecule has 0 aliphatic rings. The molecule has 0 fully saturated rings. The van der Waals surface area contributed by atoms with Gasteiger partial charge >= 0.3 is 0 Å². The Labute approximate surface area is 192 Å². The smallest absolute Gasteiger partial charge is 0.293 e. The third-order valence-electron chi connectivity index (χ3n) is 4.68. The second kappa shape index (κ2) is 9.25. The van der Waals surface area contributed by atoms with Crippen molar-refractivity contribution < 1.29 is 9.72 Å². The maximum atomic E-state index is 12.7. The summed E-state index contributed by atoms with van der Waals surface area (Å²) in [4.78, 5) is 34.7. The van der Waals surface area contributed by atoms with Gasteiger partial charge < -0.3 is 5.32 Å². The number of anilines is 2. The summed E-state index contributed by atoms with van der Waals surface area (Å²) in [5, 5.41) is 19.8. The van der Waals surface area contributed by atoms with Gasteiger partial charge in [-0.15, -0.1) is 22.7 Å². The second-order valence-corrected chi connectivity index (χ2v) is 9.16. The summed E-state index contributed by atoms with van der Waals surface area (Å²) in [7, 11) is 0. The number of thiophene rings is 1. The molecule has 0 saturated heterocycles. The molecule has 0 aliphatic carbocycles. The molecule has 0 spiro atoms. The highest BCUT2D eigenvalue weighted by Gasteiger charge is 2.20. The number of carbonyl (C=O) groups is 1. The summed E-state index contributed by atoms with van der Waals surface area (Å²) in [6, 6.07) is 13.6. The van der Waals surface area contributed by atoms with Gasteiger partial charge in [-0.3, -0.25) is 25.2 Å². The predicted molar refractivity (Wildman–Crippen MR) is 127 cm³/mol. The molecule has 162 valence electrons. The summed E-state index contributed by atoms with van der Waals surface area (Å²) in [5.41, 5.74) is 1.85. The molecule has 0 bridgehead atoms. The predicted octanol–water partition coefficient (Wildman–Crippen LogP) is 5.91. The number of nitro groups is 1. The van der Waals surface area contributed by atoms with Crippen LogP contribution >= 0.6 is 22.7 Å².